The number of halogens is 1. The maximum atomic E-state index is 13.9. The molecule has 112 valence electrons. The molecule has 3 rings (SSSR count). The number of nitrogens with zero attached hydrogens (tertiary/aromatic N) is 2. The number of amides is 1. The van der Waals surface area contributed by atoms with Crippen LogP contribution in [-0.4, -0.2) is 48.4 Å². The van der Waals surface area contributed by atoms with Crippen LogP contribution in [0, 0.1) is 5.82 Å². The zero-order chi connectivity index (χ0) is 15.1. The van der Waals surface area contributed by atoms with Gasteiger partial charge in [0.05, 0.1) is 11.1 Å². The number of carbonyl (C=O) groups is 1. The first kappa shape index (κ1) is 14.3. The van der Waals surface area contributed by atoms with E-state index in [2.05, 4.69) is 4.90 Å². The van der Waals surface area contributed by atoms with E-state index in [0.717, 1.165) is 17.8 Å². The molecule has 21 heavy (non-hydrogen) atoms. The zero-order valence-corrected chi connectivity index (χ0v) is 12.9. The van der Waals surface area contributed by atoms with Gasteiger partial charge in [0, 0.05) is 30.4 Å². The van der Waals surface area contributed by atoms with E-state index in [1.807, 2.05) is 18.9 Å². The summed E-state index contributed by atoms with van der Waals surface area (Å²) < 4.78 is 14.6. The quantitative estimate of drug-likeness (QED) is 0.880. The number of fused-ring (bicyclic) bond motifs is 1. The van der Waals surface area contributed by atoms with Gasteiger partial charge in [0.15, 0.2) is 0 Å². The maximum Gasteiger partial charge on any atom is 0.266 e. The average Bonchev–Trinajstić information content (AvgIpc) is 2.77. The Balaban J connectivity index is 1.99. The number of hydrogen-bond donors (Lipinski definition) is 1. The molecule has 0 aliphatic carbocycles. The number of piperazine rings is 1. The molecule has 0 spiro atoms. The predicted molar refractivity (Wildman–Crippen MR) is 84.2 cm³/mol. The van der Waals surface area contributed by atoms with Crippen LogP contribution < -0.4 is 5.73 Å². The summed E-state index contributed by atoms with van der Waals surface area (Å²) in [5.74, 6) is -0.458. The summed E-state index contributed by atoms with van der Waals surface area (Å²) in [6.07, 6.45) is 0. The maximum absolute atomic E-state index is 13.9. The lowest BCUT2D eigenvalue weighted by molar-refractivity contribution is 0.0539. The van der Waals surface area contributed by atoms with Crippen molar-refractivity contribution in [1.82, 2.24) is 9.80 Å². The topological polar surface area (TPSA) is 49.6 Å². The molecule has 1 aromatic heterocycles. The van der Waals surface area contributed by atoms with Crippen LogP contribution in [0.5, 0.6) is 0 Å². The Morgan fingerprint density at radius 1 is 1.43 bits per heavy atom. The van der Waals surface area contributed by atoms with Gasteiger partial charge in [0.2, 0.25) is 0 Å². The molecule has 1 aromatic carbocycles. The lowest BCUT2D eigenvalue weighted by Gasteiger charge is -2.38. The predicted octanol–water partition coefficient (Wildman–Crippen LogP) is 2.40. The van der Waals surface area contributed by atoms with Crippen molar-refractivity contribution in [2.75, 3.05) is 32.4 Å². The summed E-state index contributed by atoms with van der Waals surface area (Å²) in [5.41, 5.74) is 6.30. The largest absolute Gasteiger partial charge is 0.397 e. The Bertz CT molecular complexity index is 700. The first-order chi connectivity index (χ1) is 9.99. The van der Waals surface area contributed by atoms with Crippen LogP contribution in [0.25, 0.3) is 10.1 Å². The number of anilines is 1. The highest BCUT2D eigenvalue weighted by molar-refractivity contribution is 7.21. The summed E-state index contributed by atoms with van der Waals surface area (Å²) in [4.78, 5) is 17.2. The van der Waals surface area contributed by atoms with Crippen LogP contribution in [-0.2, 0) is 0 Å². The number of benzene rings is 1. The Hall–Kier alpha value is -1.66. The third-order valence-electron chi connectivity index (χ3n) is 3.99. The summed E-state index contributed by atoms with van der Waals surface area (Å²) in [6, 6.07) is 4.94. The summed E-state index contributed by atoms with van der Waals surface area (Å²) >= 11 is 1.27. The minimum atomic E-state index is -0.369. The Morgan fingerprint density at radius 3 is 2.86 bits per heavy atom. The molecule has 4 nitrogen and oxygen atoms in total. The van der Waals surface area contributed by atoms with Gasteiger partial charge < -0.3 is 15.5 Å². The fraction of sp³-hybridized carbons (Fsp3) is 0.400. The van der Waals surface area contributed by atoms with Gasteiger partial charge in [-0.15, -0.1) is 11.3 Å². The highest BCUT2D eigenvalue weighted by atomic mass is 32.1. The van der Waals surface area contributed by atoms with Gasteiger partial charge >= 0.3 is 0 Å². The van der Waals surface area contributed by atoms with Crippen molar-refractivity contribution in [3.8, 4) is 0 Å². The second-order valence-electron chi connectivity index (χ2n) is 5.57. The highest BCUT2D eigenvalue weighted by Crippen LogP contribution is 2.36. The Morgan fingerprint density at radius 2 is 2.19 bits per heavy atom. The SMILES string of the molecule is CC1CN(C)CCN1C(=O)c1sc2cccc(F)c2c1N. The van der Waals surface area contributed by atoms with E-state index < -0.39 is 0 Å². The molecular weight excluding hydrogens is 289 g/mol. The molecule has 2 aromatic rings. The minimum absolute atomic E-state index is 0.0892. The van der Waals surface area contributed by atoms with E-state index in [-0.39, 0.29) is 23.5 Å². The molecule has 1 unspecified atom stereocenters. The molecule has 1 fully saturated rings. The smallest absolute Gasteiger partial charge is 0.266 e. The number of hydrogen-bond acceptors (Lipinski definition) is 4. The molecular formula is C15H18FN3OS. The van der Waals surface area contributed by atoms with Gasteiger partial charge in [0.1, 0.15) is 10.7 Å². The third kappa shape index (κ3) is 2.38. The molecule has 0 saturated carbocycles. The van der Waals surface area contributed by atoms with Crippen molar-refractivity contribution in [1.29, 1.82) is 0 Å². The van der Waals surface area contributed by atoms with Crippen molar-refractivity contribution in [2.45, 2.75) is 13.0 Å². The lowest BCUT2D eigenvalue weighted by atomic mass is 10.1. The normalized spacial score (nSPS) is 20.1. The van der Waals surface area contributed by atoms with Crippen molar-refractivity contribution < 1.29 is 9.18 Å². The number of likely N-dealkylation sites (N-methyl/N-ethyl adjacent to an activating group) is 1. The number of carbonyl (C=O) groups excluding carboxylic acids is 1. The number of nitrogen functional groups attached to an aromatic ring is 1. The van der Waals surface area contributed by atoms with E-state index in [4.69, 9.17) is 5.73 Å². The number of thiophene rings is 1. The van der Waals surface area contributed by atoms with Crippen LogP contribution in [0.4, 0.5) is 10.1 Å². The standard InChI is InChI=1S/C15H18FN3OS/c1-9-8-18(2)6-7-19(9)15(20)14-13(17)12-10(16)4-3-5-11(12)21-14/h3-5,9H,6-8,17H2,1-2H3. The fourth-order valence-electron chi connectivity index (χ4n) is 2.86. The van der Waals surface area contributed by atoms with Crippen LogP contribution in [0.15, 0.2) is 18.2 Å². The number of nitrogens with two attached hydrogens (primary N) is 1. The first-order valence-corrected chi connectivity index (χ1v) is 7.76. The number of rotatable bonds is 1. The summed E-state index contributed by atoms with van der Waals surface area (Å²) in [7, 11) is 2.04. The van der Waals surface area contributed by atoms with Gasteiger partial charge in [-0.25, -0.2) is 4.39 Å². The Labute approximate surface area is 126 Å². The van der Waals surface area contributed by atoms with E-state index in [1.54, 1.807) is 12.1 Å². The third-order valence-corrected chi connectivity index (χ3v) is 5.15. The van der Waals surface area contributed by atoms with Gasteiger partial charge in [-0.3, -0.25) is 4.79 Å². The minimum Gasteiger partial charge on any atom is -0.397 e. The van der Waals surface area contributed by atoms with Crippen molar-refractivity contribution in [2.24, 2.45) is 0 Å². The lowest BCUT2D eigenvalue weighted by Crippen LogP contribution is -2.52. The van der Waals surface area contributed by atoms with Crippen molar-refractivity contribution in [3.63, 3.8) is 0 Å². The van der Waals surface area contributed by atoms with E-state index in [1.165, 1.54) is 17.4 Å². The van der Waals surface area contributed by atoms with Crippen LogP contribution in [0.1, 0.15) is 16.6 Å². The molecule has 1 aliphatic heterocycles. The van der Waals surface area contributed by atoms with Crippen molar-refractivity contribution >= 4 is 33.0 Å². The molecule has 0 radical (unpaired) electrons. The summed E-state index contributed by atoms with van der Waals surface area (Å²) in [6.45, 7) is 4.38. The second kappa shape index (κ2) is 5.27. The van der Waals surface area contributed by atoms with Crippen LogP contribution in [0.2, 0.25) is 0 Å². The highest BCUT2D eigenvalue weighted by Gasteiger charge is 2.29. The van der Waals surface area contributed by atoms with E-state index in [9.17, 15) is 9.18 Å². The molecule has 2 N–H and O–H groups in total. The van der Waals surface area contributed by atoms with Crippen LogP contribution in [0.3, 0.4) is 0 Å². The van der Waals surface area contributed by atoms with Gasteiger partial charge in [0.25, 0.3) is 5.91 Å². The van der Waals surface area contributed by atoms with E-state index in [0.29, 0.717) is 16.8 Å². The molecule has 6 heteroatoms. The first-order valence-electron chi connectivity index (χ1n) is 6.95. The van der Waals surface area contributed by atoms with E-state index >= 15 is 0 Å². The molecule has 1 atom stereocenters. The Kier molecular flexibility index (Phi) is 3.59. The monoisotopic (exact) mass is 307 g/mol. The zero-order valence-electron chi connectivity index (χ0n) is 12.1. The second-order valence-corrected chi connectivity index (χ2v) is 6.62. The van der Waals surface area contributed by atoms with Gasteiger partial charge in [-0.2, -0.15) is 0 Å². The molecule has 1 amide bonds. The average molecular weight is 307 g/mol. The van der Waals surface area contributed by atoms with Gasteiger partial charge in [-0.1, -0.05) is 6.07 Å². The van der Waals surface area contributed by atoms with Gasteiger partial charge in [-0.05, 0) is 26.1 Å². The fourth-order valence-corrected chi connectivity index (χ4v) is 3.95. The van der Waals surface area contributed by atoms with Crippen LogP contribution >= 0.6 is 11.3 Å². The summed E-state index contributed by atoms with van der Waals surface area (Å²) in [5, 5.41) is 0.368. The molecule has 1 aliphatic rings. The molecule has 1 saturated heterocycles. The molecule has 0 bridgehead atoms. The van der Waals surface area contributed by atoms with Crippen molar-refractivity contribution in [3.05, 3.63) is 28.9 Å². The molecule has 2 heterocycles.